The molecule has 0 bridgehead atoms. The van der Waals surface area contributed by atoms with Gasteiger partial charge in [0.25, 0.3) is 5.91 Å². The second-order valence-corrected chi connectivity index (χ2v) is 10.1. The van der Waals surface area contributed by atoms with Crippen molar-refractivity contribution in [3.8, 4) is 22.5 Å². The maximum absolute atomic E-state index is 14.7. The van der Waals surface area contributed by atoms with Gasteiger partial charge in [-0.2, -0.15) is 0 Å². The molecule has 0 unspecified atom stereocenters. The third-order valence-corrected chi connectivity index (χ3v) is 6.88. The van der Waals surface area contributed by atoms with E-state index in [1.807, 2.05) is 12.1 Å². The number of carbonyl (C=O) groups excluding carboxylic acids is 1. The van der Waals surface area contributed by atoms with Gasteiger partial charge in [-0.15, -0.1) is 0 Å². The van der Waals surface area contributed by atoms with E-state index in [9.17, 15) is 17.6 Å². The van der Waals surface area contributed by atoms with Crippen molar-refractivity contribution < 1.29 is 26.8 Å². The maximum Gasteiger partial charge on any atom is 0.254 e. The van der Waals surface area contributed by atoms with E-state index < -0.39 is 15.7 Å². The summed E-state index contributed by atoms with van der Waals surface area (Å²) >= 11 is 0. The SMILES string of the molecule is CS(=O)(=O)c1ccc(-c2cc3nccc(-c4cccc(C(=O)N5CCOCC5)c4)c3o2)c(F)c1. The largest absolute Gasteiger partial charge is 0.454 e. The minimum Gasteiger partial charge on any atom is -0.454 e. The first kappa shape index (κ1) is 22.2. The summed E-state index contributed by atoms with van der Waals surface area (Å²) < 4.78 is 49.5. The molecule has 174 valence electrons. The van der Waals surface area contributed by atoms with Gasteiger partial charge < -0.3 is 14.1 Å². The Bertz CT molecular complexity index is 1510. The number of benzene rings is 2. The first-order chi connectivity index (χ1) is 16.3. The molecule has 1 aliphatic heterocycles. The van der Waals surface area contributed by atoms with Gasteiger partial charge in [0.2, 0.25) is 0 Å². The molecule has 2 aromatic carbocycles. The van der Waals surface area contributed by atoms with Gasteiger partial charge >= 0.3 is 0 Å². The number of amides is 1. The van der Waals surface area contributed by atoms with Crippen molar-refractivity contribution >= 4 is 26.8 Å². The summed E-state index contributed by atoms with van der Waals surface area (Å²) in [6.45, 7) is 2.14. The van der Waals surface area contributed by atoms with E-state index in [-0.39, 0.29) is 22.1 Å². The Balaban J connectivity index is 1.54. The lowest BCUT2D eigenvalue weighted by atomic mass is 10.0. The number of halogens is 1. The molecule has 1 fully saturated rings. The molecule has 34 heavy (non-hydrogen) atoms. The lowest BCUT2D eigenvalue weighted by Gasteiger charge is -2.27. The Morgan fingerprint density at radius 1 is 1.03 bits per heavy atom. The number of carbonyl (C=O) groups is 1. The number of fused-ring (bicyclic) bond motifs is 1. The van der Waals surface area contributed by atoms with Gasteiger partial charge in [0.05, 0.1) is 23.7 Å². The van der Waals surface area contributed by atoms with Crippen LogP contribution in [-0.4, -0.2) is 56.8 Å². The number of pyridine rings is 1. The molecule has 9 heteroatoms. The average Bonchev–Trinajstić information content (AvgIpc) is 3.27. The lowest BCUT2D eigenvalue weighted by molar-refractivity contribution is 0.0303. The van der Waals surface area contributed by atoms with Crippen LogP contribution in [0, 0.1) is 5.82 Å². The second-order valence-electron chi connectivity index (χ2n) is 8.08. The van der Waals surface area contributed by atoms with Crippen molar-refractivity contribution in [1.29, 1.82) is 0 Å². The van der Waals surface area contributed by atoms with Crippen LogP contribution in [-0.2, 0) is 14.6 Å². The van der Waals surface area contributed by atoms with Crippen LogP contribution in [0.3, 0.4) is 0 Å². The predicted molar refractivity (Wildman–Crippen MR) is 125 cm³/mol. The summed E-state index contributed by atoms with van der Waals surface area (Å²) in [7, 11) is -3.53. The normalized spacial score (nSPS) is 14.5. The van der Waals surface area contributed by atoms with Crippen LogP contribution in [0.25, 0.3) is 33.6 Å². The highest BCUT2D eigenvalue weighted by Crippen LogP contribution is 2.35. The molecule has 5 rings (SSSR count). The molecule has 1 aliphatic rings. The Hall–Kier alpha value is -3.56. The number of furan rings is 1. The summed E-state index contributed by atoms with van der Waals surface area (Å²) in [5.41, 5.74) is 3.12. The minimum atomic E-state index is -3.53. The van der Waals surface area contributed by atoms with E-state index in [2.05, 4.69) is 4.98 Å². The zero-order valence-electron chi connectivity index (χ0n) is 18.3. The van der Waals surface area contributed by atoms with E-state index in [1.54, 1.807) is 35.4 Å². The minimum absolute atomic E-state index is 0.0661. The molecule has 0 atom stereocenters. The van der Waals surface area contributed by atoms with Crippen molar-refractivity contribution in [3.05, 3.63) is 72.2 Å². The van der Waals surface area contributed by atoms with Gasteiger partial charge in [0, 0.05) is 42.7 Å². The maximum atomic E-state index is 14.7. The molecule has 0 aliphatic carbocycles. The number of sulfone groups is 1. The smallest absolute Gasteiger partial charge is 0.254 e. The number of aromatic nitrogens is 1. The third-order valence-electron chi connectivity index (χ3n) is 5.76. The molecule has 2 aromatic heterocycles. The van der Waals surface area contributed by atoms with Gasteiger partial charge in [-0.3, -0.25) is 9.78 Å². The summed E-state index contributed by atoms with van der Waals surface area (Å²) in [4.78, 5) is 18.9. The number of morpholine rings is 1. The molecule has 4 aromatic rings. The molecule has 7 nitrogen and oxygen atoms in total. The van der Waals surface area contributed by atoms with E-state index in [1.165, 1.54) is 12.1 Å². The van der Waals surface area contributed by atoms with E-state index in [0.29, 0.717) is 48.5 Å². The number of rotatable bonds is 4. The third kappa shape index (κ3) is 4.20. The Kier molecular flexibility index (Phi) is 5.66. The van der Waals surface area contributed by atoms with E-state index in [0.717, 1.165) is 17.9 Å². The van der Waals surface area contributed by atoms with Crippen molar-refractivity contribution in [1.82, 2.24) is 9.88 Å². The monoisotopic (exact) mass is 480 g/mol. The number of hydrogen-bond donors (Lipinski definition) is 0. The van der Waals surface area contributed by atoms with Crippen LogP contribution in [0.1, 0.15) is 10.4 Å². The highest BCUT2D eigenvalue weighted by Gasteiger charge is 2.20. The predicted octanol–water partition coefficient (Wildman–Crippen LogP) is 4.18. The Morgan fingerprint density at radius 3 is 2.56 bits per heavy atom. The molecule has 1 saturated heterocycles. The molecule has 0 radical (unpaired) electrons. The van der Waals surface area contributed by atoms with Crippen molar-refractivity contribution in [2.75, 3.05) is 32.6 Å². The van der Waals surface area contributed by atoms with Crippen molar-refractivity contribution in [3.63, 3.8) is 0 Å². The summed E-state index contributed by atoms with van der Waals surface area (Å²) in [5.74, 6) is -0.543. The fourth-order valence-electron chi connectivity index (χ4n) is 3.99. The topological polar surface area (TPSA) is 89.7 Å². The zero-order chi connectivity index (χ0) is 23.9. The number of ether oxygens (including phenoxy) is 1. The number of nitrogens with zero attached hydrogens (tertiary/aromatic N) is 2. The summed E-state index contributed by atoms with van der Waals surface area (Å²) in [6.07, 6.45) is 2.65. The molecular weight excluding hydrogens is 459 g/mol. The van der Waals surface area contributed by atoms with Gasteiger partial charge in [-0.1, -0.05) is 12.1 Å². The van der Waals surface area contributed by atoms with Crippen LogP contribution >= 0.6 is 0 Å². The molecule has 3 heterocycles. The van der Waals surface area contributed by atoms with Crippen LogP contribution in [0.4, 0.5) is 4.39 Å². The van der Waals surface area contributed by atoms with Crippen molar-refractivity contribution in [2.45, 2.75) is 4.90 Å². The molecular formula is C25H21FN2O5S. The van der Waals surface area contributed by atoms with Crippen LogP contribution in [0.2, 0.25) is 0 Å². The Labute approximate surface area is 195 Å². The van der Waals surface area contributed by atoms with Gasteiger partial charge in [-0.25, -0.2) is 12.8 Å². The van der Waals surface area contributed by atoms with Gasteiger partial charge in [-0.05, 0) is 42.0 Å². The Morgan fingerprint density at radius 2 is 1.82 bits per heavy atom. The standard InChI is InChI=1S/C25H21FN2O5S/c1-34(30,31)18-5-6-20(21(26)14-18)23-15-22-24(33-23)19(7-8-27-22)16-3-2-4-17(13-16)25(29)28-9-11-32-12-10-28/h2-8,13-15H,9-12H2,1H3. The molecule has 1 amide bonds. The second kappa shape index (κ2) is 8.66. The highest BCUT2D eigenvalue weighted by atomic mass is 32.2. The number of hydrogen-bond acceptors (Lipinski definition) is 6. The molecule has 0 N–H and O–H groups in total. The highest BCUT2D eigenvalue weighted by molar-refractivity contribution is 7.90. The summed E-state index contributed by atoms with van der Waals surface area (Å²) in [5, 5.41) is 0. The average molecular weight is 481 g/mol. The van der Waals surface area contributed by atoms with Gasteiger partial charge in [0.1, 0.15) is 17.1 Å². The zero-order valence-corrected chi connectivity index (χ0v) is 19.1. The fourth-order valence-corrected chi connectivity index (χ4v) is 4.63. The van der Waals surface area contributed by atoms with Crippen molar-refractivity contribution in [2.24, 2.45) is 0 Å². The van der Waals surface area contributed by atoms with Crippen LogP contribution in [0.15, 0.2) is 70.1 Å². The molecule has 0 spiro atoms. The molecule has 0 saturated carbocycles. The van der Waals surface area contributed by atoms with E-state index >= 15 is 0 Å². The van der Waals surface area contributed by atoms with Gasteiger partial charge in [0.15, 0.2) is 15.4 Å². The lowest BCUT2D eigenvalue weighted by Crippen LogP contribution is -2.40. The quantitative estimate of drug-likeness (QED) is 0.435. The van der Waals surface area contributed by atoms with Crippen LogP contribution < -0.4 is 0 Å². The van der Waals surface area contributed by atoms with Crippen LogP contribution in [0.5, 0.6) is 0 Å². The first-order valence-electron chi connectivity index (χ1n) is 10.7. The summed E-state index contributed by atoms with van der Waals surface area (Å²) in [6, 6.07) is 14.3. The first-order valence-corrected chi connectivity index (χ1v) is 12.6. The fraction of sp³-hybridized carbons (Fsp3) is 0.200. The van der Waals surface area contributed by atoms with E-state index in [4.69, 9.17) is 9.15 Å².